The van der Waals surface area contributed by atoms with E-state index >= 15 is 0 Å². The zero-order valence-electron chi connectivity index (χ0n) is 11.7. The normalized spacial score (nSPS) is 42.6. The lowest BCUT2D eigenvalue weighted by Gasteiger charge is -2.29. The van der Waals surface area contributed by atoms with E-state index in [0.717, 1.165) is 25.7 Å². The highest BCUT2D eigenvalue weighted by Crippen LogP contribution is 2.48. The molecule has 6 nitrogen and oxygen atoms in total. The van der Waals surface area contributed by atoms with Crippen LogP contribution in [-0.2, 0) is 9.53 Å². The van der Waals surface area contributed by atoms with Gasteiger partial charge in [-0.15, -0.1) is 0 Å². The number of carboxylic acid groups (broad SMARTS) is 1. The van der Waals surface area contributed by atoms with Crippen molar-refractivity contribution in [1.82, 2.24) is 10.6 Å². The van der Waals surface area contributed by atoms with Gasteiger partial charge in [0, 0.05) is 12.6 Å². The molecule has 1 heterocycles. The van der Waals surface area contributed by atoms with Crippen molar-refractivity contribution in [2.45, 2.75) is 50.8 Å². The van der Waals surface area contributed by atoms with E-state index in [1.54, 1.807) is 0 Å². The molecule has 6 unspecified atom stereocenters. The fourth-order valence-corrected chi connectivity index (χ4v) is 4.14. The molecule has 2 bridgehead atoms. The zero-order valence-corrected chi connectivity index (χ0v) is 11.7. The minimum atomic E-state index is -0.778. The lowest BCUT2D eigenvalue weighted by molar-refractivity contribution is -0.144. The molecule has 3 fully saturated rings. The maximum atomic E-state index is 12.1. The highest BCUT2D eigenvalue weighted by atomic mass is 16.5. The fraction of sp³-hybridized carbons (Fsp3) is 0.857. The summed E-state index contributed by atoms with van der Waals surface area (Å²) >= 11 is 0. The molecule has 0 spiro atoms. The lowest BCUT2D eigenvalue weighted by Crippen LogP contribution is -2.53. The van der Waals surface area contributed by atoms with Crippen molar-refractivity contribution in [2.24, 2.45) is 17.8 Å². The van der Waals surface area contributed by atoms with Gasteiger partial charge in [-0.3, -0.25) is 4.79 Å². The van der Waals surface area contributed by atoms with Crippen molar-refractivity contribution >= 4 is 12.0 Å². The summed E-state index contributed by atoms with van der Waals surface area (Å²) in [6.07, 6.45) is 3.78. The van der Waals surface area contributed by atoms with E-state index in [0.29, 0.717) is 12.5 Å². The molecule has 3 N–H and O–H groups in total. The van der Waals surface area contributed by atoms with Gasteiger partial charge in [0.1, 0.15) is 0 Å². The van der Waals surface area contributed by atoms with Crippen molar-refractivity contribution in [3.05, 3.63) is 0 Å². The second-order valence-corrected chi connectivity index (χ2v) is 6.31. The Morgan fingerprint density at radius 3 is 2.55 bits per heavy atom. The number of hydrogen-bond donors (Lipinski definition) is 3. The van der Waals surface area contributed by atoms with Crippen molar-refractivity contribution in [2.75, 3.05) is 6.61 Å². The number of carboxylic acids is 1. The summed E-state index contributed by atoms with van der Waals surface area (Å²) < 4.78 is 5.41. The molecule has 112 valence electrons. The van der Waals surface area contributed by atoms with Gasteiger partial charge >= 0.3 is 12.0 Å². The van der Waals surface area contributed by atoms with E-state index < -0.39 is 11.9 Å². The molecule has 0 radical (unpaired) electrons. The molecule has 6 atom stereocenters. The molecule has 2 saturated carbocycles. The maximum Gasteiger partial charge on any atom is 0.315 e. The number of nitrogens with one attached hydrogen (secondary N) is 2. The van der Waals surface area contributed by atoms with Crippen LogP contribution in [0.1, 0.15) is 32.6 Å². The monoisotopic (exact) mass is 282 g/mol. The summed E-state index contributed by atoms with van der Waals surface area (Å²) in [5.41, 5.74) is 0. The number of rotatable bonds is 3. The summed E-state index contributed by atoms with van der Waals surface area (Å²) in [6.45, 7) is 2.60. The van der Waals surface area contributed by atoms with Crippen molar-refractivity contribution in [3.63, 3.8) is 0 Å². The lowest BCUT2D eigenvalue weighted by atomic mass is 9.84. The van der Waals surface area contributed by atoms with Crippen LogP contribution in [0.25, 0.3) is 0 Å². The first-order valence-electron chi connectivity index (χ1n) is 7.47. The number of fused-ring (bicyclic) bond motifs is 2. The Morgan fingerprint density at radius 1 is 1.15 bits per heavy atom. The molecular weight excluding hydrogens is 260 g/mol. The first kappa shape index (κ1) is 13.7. The van der Waals surface area contributed by atoms with Gasteiger partial charge in [-0.1, -0.05) is 0 Å². The van der Waals surface area contributed by atoms with Crippen LogP contribution in [0.4, 0.5) is 4.79 Å². The van der Waals surface area contributed by atoms with E-state index in [1.165, 1.54) is 0 Å². The van der Waals surface area contributed by atoms with Crippen LogP contribution in [-0.4, -0.2) is 41.9 Å². The predicted molar refractivity (Wildman–Crippen MR) is 71.2 cm³/mol. The van der Waals surface area contributed by atoms with Gasteiger partial charge in [0.15, 0.2) is 0 Å². The number of urea groups is 1. The minimum absolute atomic E-state index is 0.0241. The average molecular weight is 282 g/mol. The van der Waals surface area contributed by atoms with Gasteiger partial charge in [-0.25, -0.2) is 4.79 Å². The maximum absolute atomic E-state index is 12.1. The van der Waals surface area contributed by atoms with Gasteiger partial charge in [0.25, 0.3) is 0 Å². The second kappa shape index (κ2) is 5.24. The number of carbonyl (C=O) groups excluding carboxylic acids is 1. The topological polar surface area (TPSA) is 87.7 Å². The Morgan fingerprint density at radius 2 is 1.90 bits per heavy atom. The fourth-order valence-electron chi connectivity index (χ4n) is 4.14. The number of hydrogen-bond acceptors (Lipinski definition) is 3. The molecule has 0 aromatic rings. The van der Waals surface area contributed by atoms with Crippen LogP contribution >= 0.6 is 0 Å². The van der Waals surface area contributed by atoms with Crippen LogP contribution in [0.15, 0.2) is 0 Å². The quantitative estimate of drug-likeness (QED) is 0.719. The number of amides is 2. The van der Waals surface area contributed by atoms with E-state index in [4.69, 9.17) is 4.74 Å². The Kier molecular flexibility index (Phi) is 3.58. The minimum Gasteiger partial charge on any atom is -0.481 e. The molecule has 1 aliphatic heterocycles. The summed E-state index contributed by atoms with van der Waals surface area (Å²) in [5, 5.41) is 15.2. The largest absolute Gasteiger partial charge is 0.481 e. The average Bonchev–Trinajstić information content (AvgIpc) is 3.06. The Hall–Kier alpha value is -1.30. The third-order valence-corrected chi connectivity index (χ3v) is 5.19. The van der Waals surface area contributed by atoms with Gasteiger partial charge in [0.2, 0.25) is 0 Å². The summed E-state index contributed by atoms with van der Waals surface area (Å²) in [6, 6.07) is -0.447. The van der Waals surface area contributed by atoms with Crippen LogP contribution in [0.5, 0.6) is 0 Å². The number of ether oxygens (including phenoxy) is 1. The zero-order chi connectivity index (χ0) is 14.3. The smallest absolute Gasteiger partial charge is 0.315 e. The predicted octanol–water partition coefficient (Wildman–Crippen LogP) is 0.962. The molecule has 2 aliphatic carbocycles. The van der Waals surface area contributed by atoms with Crippen LogP contribution in [0.2, 0.25) is 0 Å². The standard InChI is InChI=1S/C14H22N2O4/c1-7-10(4-5-20-7)15-14(19)16-12-9-3-2-8(6-9)11(12)13(17)18/h7-12H,2-6H2,1H3,(H,17,18)(H2,15,16,19). The Bertz CT molecular complexity index is 414. The molecule has 0 aromatic heterocycles. The third kappa shape index (κ3) is 2.37. The number of aliphatic carboxylic acids is 1. The molecule has 3 rings (SSSR count). The number of carbonyl (C=O) groups is 2. The molecule has 20 heavy (non-hydrogen) atoms. The van der Waals surface area contributed by atoms with Crippen LogP contribution in [0.3, 0.4) is 0 Å². The molecule has 2 amide bonds. The summed E-state index contributed by atoms with van der Waals surface area (Å²) in [4.78, 5) is 23.5. The first-order valence-corrected chi connectivity index (χ1v) is 7.47. The van der Waals surface area contributed by atoms with E-state index in [-0.39, 0.29) is 30.1 Å². The Labute approximate surface area is 118 Å². The van der Waals surface area contributed by atoms with Crippen LogP contribution < -0.4 is 10.6 Å². The van der Waals surface area contributed by atoms with E-state index in [1.807, 2.05) is 6.92 Å². The molecule has 1 saturated heterocycles. The van der Waals surface area contributed by atoms with E-state index in [2.05, 4.69) is 10.6 Å². The second-order valence-electron chi connectivity index (χ2n) is 6.31. The molecule has 0 aromatic carbocycles. The van der Waals surface area contributed by atoms with Crippen molar-refractivity contribution < 1.29 is 19.4 Å². The molecule has 6 heteroatoms. The van der Waals surface area contributed by atoms with Crippen molar-refractivity contribution in [1.29, 1.82) is 0 Å². The van der Waals surface area contributed by atoms with Gasteiger partial charge < -0.3 is 20.5 Å². The van der Waals surface area contributed by atoms with Gasteiger partial charge in [-0.05, 0) is 44.4 Å². The summed E-state index contributed by atoms with van der Waals surface area (Å²) in [7, 11) is 0. The van der Waals surface area contributed by atoms with Gasteiger partial charge in [-0.2, -0.15) is 0 Å². The highest BCUT2D eigenvalue weighted by molar-refractivity contribution is 5.77. The van der Waals surface area contributed by atoms with Crippen LogP contribution in [0, 0.1) is 17.8 Å². The first-order chi connectivity index (χ1) is 9.56. The van der Waals surface area contributed by atoms with E-state index in [9.17, 15) is 14.7 Å². The molecule has 3 aliphatic rings. The third-order valence-electron chi connectivity index (χ3n) is 5.19. The SMILES string of the molecule is CC1OCCC1NC(=O)NC1C2CCC(C2)C1C(=O)O. The Balaban J connectivity index is 1.59. The summed E-state index contributed by atoms with van der Waals surface area (Å²) in [5.74, 6) is -0.641. The van der Waals surface area contributed by atoms with Gasteiger partial charge in [0.05, 0.1) is 18.1 Å². The van der Waals surface area contributed by atoms with Crippen molar-refractivity contribution in [3.8, 4) is 0 Å². The molecular formula is C14H22N2O4. The highest BCUT2D eigenvalue weighted by Gasteiger charge is 2.51.